The van der Waals surface area contributed by atoms with Gasteiger partial charge in [0.25, 0.3) is 0 Å². The summed E-state index contributed by atoms with van der Waals surface area (Å²) in [6.45, 7) is 0. The van der Waals surface area contributed by atoms with Crippen LogP contribution in [0, 0.1) is 0 Å². The van der Waals surface area contributed by atoms with E-state index in [2.05, 4.69) is 30.3 Å². The molecule has 0 spiro atoms. The van der Waals surface area contributed by atoms with Crippen LogP contribution in [-0.4, -0.2) is 25.6 Å². The van der Waals surface area contributed by atoms with Gasteiger partial charge in [-0.05, 0) is 0 Å². The molecule has 0 heterocycles. The molecule has 0 unspecified atom stereocenters. The van der Waals surface area contributed by atoms with Gasteiger partial charge in [-0.15, -0.1) is 0 Å². The molecule has 0 saturated heterocycles. The van der Waals surface area contributed by atoms with E-state index in [1.807, 2.05) is 12.1 Å². The van der Waals surface area contributed by atoms with Gasteiger partial charge in [0.1, 0.15) is 0 Å². The van der Waals surface area contributed by atoms with E-state index in [1.54, 1.807) is 0 Å². The zero-order chi connectivity index (χ0) is 9.10. The minimum absolute atomic E-state index is 0.212. The fraction of sp³-hybridized carbons (Fsp3) is 0.0909. The van der Waals surface area contributed by atoms with E-state index in [9.17, 15) is 0 Å². The molecular formula is C11H10OSe. The number of benzene rings is 2. The van der Waals surface area contributed by atoms with Crippen LogP contribution in [0.4, 0.5) is 0 Å². The minimum atomic E-state index is 0.212. The number of hydrogen-bond acceptors (Lipinski definition) is 1. The Balaban J connectivity index is 2.49. The Morgan fingerprint density at radius 1 is 1.00 bits per heavy atom. The standard InChI is InChI=1S/C11H10OSe/c12-8-13-11-6-5-9-3-1-2-4-10(9)7-11/h1-7,12H,8H2. The molecule has 0 amide bonds. The predicted octanol–water partition coefficient (Wildman–Crippen LogP) is 1.12. The molecule has 2 aromatic rings. The van der Waals surface area contributed by atoms with Gasteiger partial charge < -0.3 is 0 Å². The molecule has 0 radical (unpaired) electrons. The van der Waals surface area contributed by atoms with Crippen molar-refractivity contribution in [2.24, 2.45) is 0 Å². The third-order valence-corrected chi connectivity index (χ3v) is 3.46. The van der Waals surface area contributed by atoms with Crippen LogP contribution < -0.4 is 4.46 Å². The summed E-state index contributed by atoms with van der Waals surface area (Å²) < 4.78 is 1.26. The first-order valence-electron chi connectivity index (χ1n) is 4.12. The summed E-state index contributed by atoms with van der Waals surface area (Å²) in [5.74, 6) is 0. The summed E-state index contributed by atoms with van der Waals surface area (Å²) in [6, 6.07) is 14.7. The summed E-state index contributed by atoms with van der Waals surface area (Å²) in [7, 11) is 0. The van der Waals surface area contributed by atoms with E-state index in [4.69, 9.17) is 5.11 Å². The second-order valence-corrected chi connectivity index (χ2v) is 4.92. The summed E-state index contributed by atoms with van der Waals surface area (Å²) in [5, 5.41) is 11.3. The number of aliphatic hydroxyl groups is 1. The van der Waals surface area contributed by atoms with Gasteiger partial charge in [-0.2, -0.15) is 0 Å². The molecule has 66 valence electrons. The summed E-state index contributed by atoms with van der Waals surface area (Å²) in [6.07, 6.45) is 0. The van der Waals surface area contributed by atoms with Crippen molar-refractivity contribution >= 4 is 30.2 Å². The fourth-order valence-electron chi connectivity index (χ4n) is 1.33. The van der Waals surface area contributed by atoms with Crippen LogP contribution in [0.1, 0.15) is 0 Å². The van der Waals surface area contributed by atoms with E-state index in [1.165, 1.54) is 15.2 Å². The molecule has 1 N–H and O–H groups in total. The SMILES string of the molecule is OC[Se]c1ccc2ccccc2c1. The Bertz CT molecular complexity index is 412. The third kappa shape index (κ3) is 1.91. The molecular weight excluding hydrogens is 227 g/mol. The molecule has 13 heavy (non-hydrogen) atoms. The summed E-state index contributed by atoms with van der Waals surface area (Å²) in [4.78, 5) is 0. The molecule has 0 bridgehead atoms. The van der Waals surface area contributed by atoms with Crippen molar-refractivity contribution in [1.82, 2.24) is 0 Å². The van der Waals surface area contributed by atoms with Gasteiger partial charge >= 0.3 is 83.3 Å². The van der Waals surface area contributed by atoms with Crippen molar-refractivity contribution in [3.05, 3.63) is 42.5 Å². The number of rotatable bonds is 2. The van der Waals surface area contributed by atoms with Gasteiger partial charge in [-0.3, -0.25) is 0 Å². The number of fused-ring (bicyclic) bond motifs is 1. The monoisotopic (exact) mass is 238 g/mol. The van der Waals surface area contributed by atoms with Crippen LogP contribution in [0.25, 0.3) is 10.8 Å². The summed E-state index contributed by atoms with van der Waals surface area (Å²) >= 11 is 0.212. The molecule has 2 rings (SSSR count). The van der Waals surface area contributed by atoms with Gasteiger partial charge in [-0.25, -0.2) is 0 Å². The van der Waals surface area contributed by atoms with Crippen LogP contribution in [-0.2, 0) is 0 Å². The Labute approximate surface area is 83.6 Å². The van der Waals surface area contributed by atoms with E-state index in [-0.39, 0.29) is 20.5 Å². The maximum absolute atomic E-state index is 8.82. The molecule has 0 aliphatic carbocycles. The molecule has 0 aliphatic rings. The third-order valence-electron chi connectivity index (χ3n) is 1.95. The molecule has 1 nitrogen and oxygen atoms in total. The Kier molecular flexibility index (Phi) is 2.65. The average molecular weight is 237 g/mol. The first kappa shape index (κ1) is 8.76. The van der Waals surface area contributed by atoms with Crippen molar-refractivity contribution in [3.8, 4) is 0 Å². The predicted molar refractivity (Wildman–Crippen MR) is 56.4 cm³/mol. The average Bonchev–Trinajstić information content (AvgIpc) is 2.18. The van der Waals surface area contributed by atoms with E-state index >= 15 is 0 Å². The molecule has 0 aliphatic heterocycles. The topological polar surface area (TPSA) is 20.2 Å². The molecule has 0 saturated carbocycles. The maximum atomic E-state index is 8.82. The van der Waals surface area contributed by atoms with Gasteiger partial charge in [0, 0.05) is 0 Å². The van der Waals surface area contributed by atoms with Gasteiger partial charge in [0.2, 0.25) is 0 Å². The van der Waals surface area contributed by atoms with Crippen LogP contribution >= 0.6 is 0 Å². The molecule has 0 fully saturated rings. The zero-order valence-corrected chi connectivity index (χ0v) is 8.82. The van der Waals surface area contributed by atoms with Gasteiger partial charge in [-0.1, -0.05) is 0 Å². The zero-order valence-electron chi connectivity index (χ0n) is 7.10. The first-order valence-corrected chi connectivity index (χ1v) is 6.19. The second kappa shape index (κ2) is 3.93. The Hall–Kier alpha value is -0.821. The Morgan fingerprint density at radius 2 is 1.77 bits per heavy atom. The van der Waals surface area contributed by atoms with E-state index in [0.717, 1.165) is 0 Å². The molecule has 0 atom stereocenters. The van der Waals surface area contributed by atoms with Crippen molar-refractivity contribution in [1.29, 1.82) is 0 Å². The van der Waals surface area contributed by atoms with E-state index < -0.39 is 0 Å². The van der Waals surface area contributed by atoms with Gasteiger partial charge in [0.05, 0.1) is 0 Å². The normalized spacial score (nSPS) is 10.5. The van der Waals surface area contributed by atoms with Crippen molar-refractivity contribution in [2.75, 3.05) is 5.51 Å². The molecule has 0 aromatic heterocycles. The second-order valence-electron chi connectivity index (χ2n) is 2.78. The van der Waals surface area contributed by atoms with Crippen molar-refractivity contribution in [3.63, 3.8) is 0 Å². The van der Waals surface area contributed by atoms with Gasteiger partial charge in [0.15, 0.2) is 0 Å². The molecule has 2 heteroatoms. The van der Waals surface area contributed by atoms with Crippen molar-refractivity contribution in [2.45, 2.75) is 0 Å². The number of hydrogen-bond donors (Lipinski definition) is 1. The summed E-state index contributed by atoms with van der Waals surface area (Å²) in [5.41, 5.74) is 0.283. The number of aliphatic hydroxyl groups excluding tert-OH is 1. The van der Waals surface area contributed by atoms with Crippen LogP contribution in [0.3, 0.4) is 0 Å². The van der Waals surface area contributed by atoms with E-state index in [0.29, 0.717) is 0 Å². The Morgan fingerprint density at radius 3 is 2.54 bits per heavy atom. The first-order chi connectivity index (χ1) is 6.40. The van der Waals surface area contributed by atoms with Crippen molar-refractivity contribution < 1.29 is 5.11 Å². The van der Waals surface area contributed by atoms with Crippen LogP contribution in [0.15, 0.2) is 42.5 Å². The fourth-order valence-corrected chi connectivity index (χ4v) is 2.43. The quantitative estimate of drug-likeness (QED) is 0.776. The van der Waals surface area contributed by atoms with Crippen LogP contribution in [0.5, 0.6) is 0 Å². The molecule has 2 aromatic carbocycles. The van der Waals surface area contributed by atoms with Crippen LogP contribution in [0.2, 0.25) is 0 Å².